The molecule has 0 saturated carbocycles. The summed E-state index contributed by atoms with van der Waals surface area (Å²) in [6.07, 6.45) is -0.285. The first-order valence-corrected chi connectivity index (χ1v) is 11.9. The maximum Gasteiger partial charge on any atom is 0.420 e. The van der Waals surface area contributed by atoms with Gasteiger partial charge in [-0.25, -0.2) is 0 Å². The van der Waals surface area contributed by atoms with Gasteiger partial charge < -0.3 is 9.64 Å². The summed E-state index contributed by atoms with van der Waals surface area (Å²) in [4.78, 5) is 15.3. The van der Waals surface area contributed by atoms with E-state index in [9.17, 15) is 18.0 Å². The summed E-state index contributed by atoms with van der Waals surface area (Å²) >= 11 is 0. The lowest BCUT2D eigenvalue weighted by atomic mass is 9.86. The van der Waals surface area contributed by atoms with Crippen LogP contribution in [0.1, 0.15) is 68.1 Å². The van der Waals surface area contributed by atoms with Gasteiger partial charge in [0.1, 0.15) is 11.3 Å². The number of ether oxygens (including phenoxy) is 1. The molecule has 9 heteroatoms. The third kappa shape index (κ3) is 5.13. The molecule has 4 rings (SSSR count). The second-order valence-electron chi connectivity index (χ2n) is 9.93. The summed E-state index contributed by atoms with van der Waals surface area (Å²) in [5.41, 5.74) is 0.478. The van der Waals surface area contributed by atoms with Crippen LogP contribution < -0.4 is 4.74 Å². The quantitative estimate of drug-likeness (QED) is 0.388. The summed E-state index contributed by atoms with van der Waals surface area (Å²) in [6.45, 7) is 8.88. The number of alkyl halides is 3. The molecule has 3 heterocycles. The molecule has 1 aromatic carbocycles. The number of likely N-dealkylation sites (tertiary alicyclic amines) is 1. The Hall–Kier alpha value is -3.10. The molecule has 1 aliphatic rings. The van der Waals surface area contributed by atoms with E-state index in [2.05, 4.69) is 10.2 Å². The van der Waals surface area contributed by atoms with Gasteiger partial charge in [-0.2, -0.15) is 13.2 Å². The Morgan fingerprint density at radius 2 is 1.94 bits per heavy atom. The number of carbonyl (C=O) groups excluding carboxylic acids is 1. The van der Waals surface area contributed by atoms with Crippen LogP contribution in [0, 0.1) is 19.3 Å². The minimum Gasteiger partial charge on any atom is -0.493 e. The van der Waals surface area contributed by atoms with Gasteiger partial charge in [0.2, 0.25) is 5.91 Å². The van der Waals surface area contributed by atoms with E-state index >= 15 is 0 Å². The Morgan fingerprint density at radius 3 is 2.69 bits per heavy atom. The van der Waals surface area contributed by atoms with Crippen LogP contribution in [0.2, 0.25) is 0 Å². The molecular formula is C26H31F3N4O2. The number of fused-ring (bicyclic) bond motifs is 1. The Labute approximate surface area is 203 Å². The fourth-order valence-electron chi connectivity index (χ4n) is 4.72. The minimum atomic E-state index is -4.53. The average molecular weight is 489 g/mol. The molecule has 1 fully saturated rings. The highest BCUT2D eigenvalue weighted by Gasteiger charge is 2.41. The van der Waals surface area contributed by atoms with Crippen molar-refractivity contribution in [3.8, 4) is 5.75 Å². The molecule has 0 bridgehead atoms. The molecule has 0 spiro atoms. The van der Waals surface area contributed by atoms with Crippen molar-refractivity contribution in [1.82, 2.24) is 19.5 Å². The zero-order valence-corrected chi connectivity index (χ0v) is 20.5. The maximum absolute atomic E-state index is 13.5. The molecule has 0 radical (unpaired) electrons. The number of hydrogen-bond donors (Lipinski definition) is 0. The lowest BCUT2D eigenvalue weighted by Gasteiger charge is -2.32. The Balaban J connectivity index is 1.45. The average Bonchev–Trinajstić information content (AvgIpc) is 3.44. The summed E-state index contributed by atoms with van der Waals surface area (Å²) < 4.78 is 47.5. The number of carbonyl (C=O) groups is 1. The van der Waals surface area contributed by atoms with E-state index in [1.54, 1.807) is 4.90 Å². The minimum absolute atomic E-state index is 0.0320. The van der Waals surface area contributed by atoms with E-state index in [-0.39, 0.29) is 11.6 Å². The lowest BCUT2D eigenvalue weighted by Crippen LogP contribution is -2.41. The third-order valence-corrected chi connectivity index (χ3v) is 6.70. The van der Waals surface area contributed by atoms with Gasteiger partial charge in [-0.05, 0) is 68.9 Å². The number of nitrogens with zero attached hydrogens (tertiary/aromatic N) is 4. The number of aromatic nitrogens is 3. The summed E-state index contributed by atoms with van der Waals surface area (Å²) in [6, 6.07) is 7.99. The predicted molar refractivity (Wildman–Crippen MR) is 126 cm³/mol. The van der Waals surface area contributed by atoms with Crippen LogP contribution in [0.3, 0.4) is 0 Å². The monoisotopic (exact) mass is 488 g/mol. The highest BCUT2D eigenvalue weighted by atomic mass is 19.4. The van der Waals surface area contributed by atoms with Gasteiger partial charge in [-0.15, -0.1) is 10.2 Å². The number of hydrogen-bond acceptors (Lipinski definition) is 4. The first-order chi connectivity index (χ1) is 16.5. The molecule has 1 saturated heterocycles. The van der Waals surface area contributed by atoms with E-state index in [1.165, 1.54) is 16.7 Å². The van der Waals surface area contributed by atoms with Crippen LogP contribution in [-0.4, -0.2) is 38.6 Å². The predicted octanol–water partition coefficient (Wildman–Crippen LogP) is 5.91. The van der Waals surface area contributed by atoms with Crippen molar-refractivity contribution in [1.29, 1.82) is 0 Å². The lowest BCUT2D eigenvalue weighted by molar-refractivity contribution is -0.142. The molecule has 3 aromatic rings. The maximum atomic E-state index is 13.5. The molecular weight excluding hydrogens is 457 g/mol. The Morgan fingerprint density at radius 1 is 1.17 bits per heavy atom. The Kier molecular flexibility index (Phi) is 6.79. The molecule has 6 nitrogen and oxygen atoms in total. The molecule has 0 aliphatic carbocycles. The number of amides is 1. The summed E-state index contributed by atoms with van der Waals surface area (Å²) in [5, 5.41) is 7.92. The van der Waals surface area contributed by atoms with E-state index in [0.717, 1.165) is 29.4 Å². The summed E-state index contributed by atoms with van der Waals surface area (Å²) in [5.74, 6) is 1.19. The summed E-state index contributed by atoms with van der Waals surface area (Å²) in [7, 11) is 0. The van der Waals surface area contributed by atoms with Crippen LogP contribution in [0.5, 0.6) is 5.75 Å². The molecule has 35 heavy (non-hydrogen) atoms. The molecule has 1 atom stereocenters. The smallest absolute Gasteiger partial charge is 0.420 e. The van der Waals surface area contributed by atoms with Gasteiger partial charge in [-0.1, -0.05) is 26.0 Å². The van der Waals surface area contributed by atoms with Crippen molar-refractivity contribution in [3.05, 3.63) is 59.0 Å². The van der Waals surface area contributed by atoms with Crippen molar-refractivity contribution in [3.63, 3.8) is 0 Å². The van der Waals surface area contributed by atoms with Crippen LogP contribution >= 0.6 is 0 Å². The fraction of sp³-hybridized carbons (Fsp3) is 0.500. The van der Waals surface area contributed by atoms with Gasteiger partial charge in [-0.3, -0.25) is 9.20 Å². The largest absolute Gasteiger partial charge is 0.493 e. The van der Waals surface area contributed by atoms with Crippen molar-refractivity contribution >= 4 is 11.6 Å². The zero-order chi connectivity index (χ0) is 25.4. The second kappa shape index (κ2) is 9.51. The van der Waals surface area contributed by atoms with Crippen molar-refractivity contribution < 1.29 is 22.7 Å². The van der Waals surface area contributed by atoms with Gasteiger partial charge in [0.25, 0.3) is 0 Å². The number of rotatable bonds is 7. The normalized spacial score (nSPS) is 16.8. The molecule has 1 unspecified atom stereocenters. The highest BCUT2D eigenvalue weighted by molar-refractivity contribution is 5.82. The van der Waals surface area contributed by atoms with Crippen molar-refractivity contribution in [2.24, 2.45) is 5.41 Å². The zero-order valence-electron chi connectivity index (χ0n) is 20.5. The van der Waals surface area contributed by atoms with Gasteiger partial charge in [0.05, 0.1) is 12.6 Å². The van der Waals surface area contributed by atoms with Crippen molar-refractivity contribution in [2.75, 3.05) is 13.2 Å². The van der Waals surface area contributed by atoms with Gasteiger partial charge >= 0.3 is 6.18 Å². The van der Waals surface area contributed by atoms with E-state index in [0.29, 0.717) is 38.2 Å². The number of benzene rings is 1. The van der Waals surface area contributed by atoms with E-state index < -0.39 is 23.2 Å². The number of aryl methyl sites for hydroxylation is 2. The van der Waals surface area contributed by atoms with Crippen LogP contribution in [0.25, 0.3) is 5.65 Å². The highest BCUT2D eigenvalue weighted by Crippen LogP contribution is 2.38. The fourth-order valence-corrected chi connectivity index (χ4v) is 4.72. The van der Waals surface area contributed by atoms with E-state index in [1.807, 2.05) is 45.9 Å². The number of pyridine rings is 1. The molecule has 188 valence electrons. The van der Waals surface area contributed by atoms with Gasteiger partial charge in [0, 0.05) is 18.2 Å². The SMILES string of the molecule is Cc1ccc(C)c(OCCCC(C)(C)C(=O)N2CCCC2c2nnc3c(C(F)(F)F)cccn23)c1. The van der Waals surface area contributed by atoms with Crippen LogP contribution in [-0.2, 0) is 11.0 Å². The van der Waals surface area contributed by atoms with E-state index in [4.69, 9.17) is 4.74 Å². The molecule has 1 amide bonds. The van der Waals surface area contributed by atoms with Gasteiger partial charge in [0.15, 0.2) is 11.5 Å². The van der Waals surface area contributed by atoms with Crippen LogP contribution in [0.15, 0.2) is 36.5 Å². The first-order valence-electron chi connectivity index (χ1n) is 11.9. The number of halogens is 3. The molecule has 2 aromatic heterocycles. The molecule has 0 N–H and O–H groups in total. The van der Waals surface area contributed by atoms with Crippen LogP contribution in [0.4, 0.5) is 13.2 Å². The standard InChI is InChI=1S/C26H31F3N4O2/c1-17-10-11-18(2)21(16-17)35-15-7-12-25(3,4)24(34)32-13-6-9-20(32)23-31-30-22-19(26(27,28)29)8-5-14-33(22)23/h5,8,10-11,14,16,20H,6-7,9,12-13,15H2,1-4H3. The topological polar surface area (TPSA) is 59.7 Å². The Bertz CT molecular complexity index is 1220. The first kappa shape index (κ1) is 25.0. The second-order valence-corrected chi connectivity index (χ2v) is 9.93. The van der Waals surface area contributed by atoms with Crippen molar-refractivity contribution in [2.45, 2.75) is 65.6 Å². The molecule has 1 aliphatic heterocycles. The third-order valence-electron chi connectivity index (χ3n) is 6.70.